The Kier molecular flexibility index (Phi) is 7.51. The average Bonchev–Trinajstić information content (AvgIpc) is 2.74. The van der Waals surface area contributed by atoms with Crippen molar-refractivity contribution in [3.05, 3.63) is 92.5 Å². The van der Waals surface area contributed by atoms with Crippen molar-refractivity contribution in [3.8, 4) is 0 Å². The number of carbonyl (C=O) groups excluding carboxylic acids is 2. The van der Waals surface area contributed by atoms with Crippen molar-refractivity contribution >= 4 is 63.8 Å². The van der Waals surface area contributed by atoms with Gasteiger partial charge in [0.05, 0.1) is 21.4 Å². The molecule has 0 unspecified atom stereocenters. The third kappa shape index (κ3) is 6.45. The summed E-state index contributed by atoms with van der Waals surface area (Å²) >= 11 is 13.2. The largest absolute Gasteiger partial charge is 0.324 e. The summed E-state index contributed by atoms with van der Waals surface area (Å²) in [6, 6.07) is 17.1. The highest BCUT2D eigenvalue weighted by atomic mass is 35.5. The summed E-state index contributed by atoms with van der Waals surface area (Å²) < 4.78 is 0. The van der Waals surface area contributed by atoms with Crippen molar-refractivity contribution in [1.82, 2.24) is 0 Å². The summed E-state index contributed by atoms with van der Waals surface area (Å²) in [5.41, 5.74) is 1.21. The van der Waals surface area contributed by atoms with E-state index in [1.165, 1.54) is 36.0 Å². The van der Waals surface area contributed by atoms with Gasteiger partial charge in [-0.3, -0.25) is 19.7 Å². The molecule has 0 aromatic heterocycles. The molecule has 2 amide bonds. The molecule has 0 aliphatic carbocycles. The van der Waals surface area contributed by atoms with E-state index in [9.17, 15) is 19.7 Å². The highest BCUT2D eigenvalue weighted by molar-refractivity contribution is 8.00. The number of halogens is 2. The van der Waals surface area contributed by atoms with Crippen molar-refractivity contribution in [3.63, 3.8) is 0 Å². The lowest BCUT2D eigenvalue weighted by atomic mass is 10.2. The zero-order valence-electron chi connectivity index (χ0n) is 15.8. The molecule has 158 valence electrons. The van der Waals surface area contributed by atoms with Crippen molar-refractivity contribution in [1.29, 1.82) is 0 Å². The number of nitro groups is 1. The zero-order chi connectivity index (χ0) is 22.4. The summed E-state index contributed by atoms with van der Waals surface area (Å²) in [6.45, 7) is 0. The normalized spacial score (nSPS) is 10.4. The summed E-state index contributed by atoms with van der Waals surface area (Å²) in [5.74, 6) is -0.500. The van der Waals surface area contributed by atoms with Crippen molar-refractivity contribution in [2.45, 2.75) is 4.90 Å². The van der Waals surface area contributed by atoms with Crippen molar-refractivity contribution in [2.75, 3.05) is 16.4 Å². The maximum Gasteiger partial charge on any atom is 0.269 e. The summed E-state index contributed by atoms with van der Waals surface area (Å²) in [6.07, 6.45) is 0. The third-order valence-corrected chi connectivity index (χ3v) is 5.55. The Morgan fingerprint density at radius 2 is 1.71 bits per heavy atom. The molecule has 7 nitrogen and oxygen atoms in total. The molecule has 0 atom stereocenters. The minimum atomic E-state index is -0.528. The van der Waals surface area contributed by atoms with Gasteiger partial charge in [-0.05, 0) is 48.5 Å². The summed E-state index contributed by atoms with van der Waals surface area (Å²) in [7, 11) is 0. The van der Waals surface area contributed by atoms with Crippen LogP contribution in [0.3, 0.4) is 0 Å². The Bertz CT molecular complexity index is 1140. The van der Waals surface area contributed by atoms with Crippen LogP contribution in [-0.4, -0.2) is 22.5 Å². The number of thioether (sulfide) groups is 1. The van der Waals surface area contributed by atoms with Crippen LogP contribution in [0.1, 0.15) is 10.4 Å². The predicted octanol–water partition coefficient (Wildman–Crippen LogP) is 5.88. The van der Waals surface area contributed by atoms with Crippen molar-refractivity contribution in [2.24, 2.45) is 0 Å². The number of nitrogens with zero attached hydrogens (tertiary/aromatic N) is 1. The van der Waals surface area contributed by atoms with E-state index < -0.39 is 10.8 Å². The Labute approximate surface area is 191 Å². The lowest BCUT2D eigenvalue weighted by Gasteiger charge is -2.09. The first kappa shape index (κ1) is 22.6. The Balaban J connectivity index is 1.57. The molecule has 0 radical (unpaired) electrons. The fraction of sp³-hybridized carbons (Fsp3) is 0.0476. The average molecular weight is 476 g/mol. The molecule has 0 bridgehead atoms. The minimum Gasteiger partial charge on any atom is -0.324 e. The SMILES string of the molecule is O=C(CSc1cccc(NC(=O)c2ccc([N+](=O)[O-])cc2)c1)Nc1ccc(Cl)cc1Cl. The lowest BCUT2D eigenvalue weighted by Crippen LogP contribution is -2.14. The number of nitrogens with one attached hydrogen (secondary N) is 2. The standard InChI is InChI=1S/C21H15Cl2N3O4S/c22-14-6-9-19(18(23)10-14)25-20(27)12-31-17-3-1-2-15(11-17)24-21(28)13-4-7-16(8-5-13)26(29)30/h1-11H,12H2,(H,24,28)(H,25,27). The third-order valence-electron chi connectivity index (χ3n) is 4.01. The molecule has 0 heterocycles. The van der Waals surface area contributed by atoms with Crippen LogP contribution in [-0.2, 0) is 4.79 Å². The van der Waals surface area contributed by atoms with Gasteiger partial charge < -0.3 is 10.6 Å². The molecule has 0 spiro atoms. The lowest BCUT2D eigenvalue weighted by molar-refractivity contribution is -0.384. The zero-order valence-corrected chi connectivity index (χ0v) is 18.1. The van der Waals surface area contributed by atoms with E-state index in [1.54, 1.807) is 36.4 Å². The summed E-state index contributed by atoms with van der Waals surface area (Å²) in [5, 5.41) is 17.0. The molecule has 0 saturated carbocycles. The number of non-ortho nitro benzene ring substituents is 1. The number of benzene rings is 3. The van der Waals surface area contributed by atoms with Crippen LogP contribution in [0.15, 0.2) is 71.6 Å². The van der Waals surface area contributed by atoms with E-state index in [0.29, 0.717) is 27.0 Å². The monoisotopic (exact) mass is 475 g/mol. The minimum absolute atomic E-state index is 0.0897. The molecule has 10 heteroatoms. The topological polar surface area (TPSA) is 101 Å². The van der Waals surface area contributed by atoms with Gasteiger partial charge >= 0.3 is 0 Å². The van der Waals surface area contributed by atoms with Gasteiger partial charge in [-0.2, -0.15) is 0 Å². The summed E-state index contributed by atoms with van der Waals surface area (Å²) in [4.78, 5) is 35.5. The first-order valence-electron chi connectivity index (χ1n) is 8.85. The van der Waals surface area contributed by atoms with Gasteiger partial charge in [0.15, 0.2) is 0 Å². The van der Waals surface area contributed by atoms with Gasteiger partial charge in [-0.15, -0.1) is 11.8 Å². The van der Waals surface area contributed by atoms with E-state index in [2.05, 4.69) is 10.6 Å². The Morgan fingerprint density at radius 1 is 0.968 bits per heavy atom. The highest BCUT2D eigenvalue weighted by Gasteiger charge is 2.11. The highest BCUT2D eigenvalue weighted by Crippen LogP contribution is 2.26. The van der Waals surface area contributed by atoms with Crippen LogP contribution in [0.25, 0.3) is 0 Å². The molecule has 3 aromatic rings. The number of hydrogen-bond donors (Lipinski definition) is 2. The van der Waals surface area contributed by atoms with Crippen LogP contribution in [0.5, 0.6) is 0 Å². The number of anilines is 2. The molecular formula is C21H15Cl2N3O4S. The number of rotatable bonds is 7. The molecule has 0 aliphatic rings. The fourth-order valence-electron chi connectivity index (χ4n) is 2.53. The van der Waals surface area contributed by atoms with E-state index >= 15 is 0 Å². The van der Waals surface area contributed by atoms with Gasteiger partial charge in [0.25, 0.3) is 11.6 Å². The van der Waals surface area contributed by atoms with Crippen LogP contribution >= 0.6 is 35.0 Å². The maximum absolute atomic E-state index is 12.4. The van der Waals surface area contributed by atoms with Gasteiger partial charge in [0.2, 0.25) is 5.91 Å². The fourth-order valence-corrected chi connectivity index (χ4v) is 3.74. The van der Waals surface area contributed by atoms with Gasteiger partial charge in [0.1, 0.15) is 0 Å². The molecule has 0 fully saturated rings. The second-order valence-corrected chi connectivity index (χ2v) is 8.14. The molecular weight excluding hydrogens is 461 g/mol. The van der Waals surface area contributed by atoms with Crippen LogP contribution in [0.4, 0.5) is 17.1 Å². The van der Waals surface area contributed by atoms with Gasteiger partial charge in [-0.25, -0.2) is 0 Å². The number of carbonyl (C=O) groups is 2. The molecule has 31 heavy (non-hydrogen) atoms. The number of hydrogen-bond acceptors (Lipinski definition) is 5. The number of amides is 2. The molecule has 0 saturated heterocycles. The Hall–Kier alpha value is -3.07. The first-order chi connectivity index (χ1) is 14.8. The van der Waals surface area contributed by atoms with Crippen molar-refractivity contribution < 1.29 is 14.5 Å². The number of nitro benzene ring substituents is 1. The van der Waals surface area contributed by atoms with Gasteiger partial charge in [-0.1, -0.05) is 29.3 Å². The predicted molar refractivity (Wildman–Crippen MR) is 123 cm³/mol. The second-order valence-electron chi connectivity index (χ2n) is 6.25. The maximum atomic E-state index is 12.4. The van der Waals surface area contributed by atoms with Gasteiger partial charge in [0, 0.05) is 33.3 Å². The van der Waals surface area contributed by atoms with E-state index in [4.69, 9.17) is 23.2 Å². The molecule has 3 rings (SSSR count). The Morgan fingerprint density at radius 3 is 2.39 bits per heavy atom. The van der Waals surface area contributed by atoms with E-state index in [-0.39, 0.29) is 17.3 Å². The smallest absolute Gasteiger partial charge is 0.269 e. The van der Waals surface area contributed by atoms with E-state index in [1.807, 2.05) is 6.07 Å². The molecule has 3 aromatic carbocycles. The van der Waals surface area contributed by atoms with Crippen LogP contribution in [0.2, 0.25) is 10.0 Å². The quantitative estimate of drug-likeness (QED) is 0.252. The van der Waals surface area contributed by atoms with Crippen LogP contribution in [0, 0.1) is 10.1 Å². The molecule has 0 aliphatic heterocycles. The second kappa shape index (κ2) is 10.3. The first-order valence-corrected chi connectivity index (χ1v) is 10.6. The van der Waals surface area contributed by atoms with E-state index in [0.717, 1.165) is 4.90 Å². The molecule has 2 N–H and O–H groups in total. The van der Waals surface area contributed by atoms with Crippen LogP contribution < -0.4 is 10.6 Å².